The summed E-state index contributed by atoms with van der Waals surface area (Å²) < 4.78 is 16.8. The minimum absolute atomic E-state index is 0.0706. The van der Waals surface area contributed by atoms with Crippen molar-refractivity contribution in [3.05, 3.63) is 29.8 Å². The molecule has 0 saturated carbocycles. The minimum Gasteiger partial charge on any atom is -0.493 e. The fourth-order valence-corrected chi connectivity index (χ4v) is 2.32. The Balaban J connectivity index is 2.13. The van der Waals surface area contributed by atoms with Gasteiger partial charge in [-0.15, -0.1) is 0 Å². The normalized spacial score (nSPS) is 21.6. The van der Waals surface area contributed by atoms with Gasteiger partial charge >= 0.3 is 5.97 Å². The standard InChI is InChI=1S/C16H20O5/c1-11-6-8-13(21-11)10-20-16-12(7-9-15(17)18)4-3-5-14(16)19-2/h3-5,7,9,11,13H,6,8,10H2,1-2H3,(H,17,18)/b9-7+. The molecule has 2 rings (SSSR count). The molecule has 0 bridgehead atoms. The lowest BCUT2D eigenvalue weighted by Gasteiger charge is -2.16. The highest BCUT2D eigenvalue weighted by molar-refractivity contribution is 5.86. The molecule has 0 radical (unpaired) electrons. The Morgan fingerprint density at radius 1 is 1.48 bits per heavy atom. The number of methoxy groups -OCH3 is 1. The average Bonchev–Trinajstić information content (AvgIpc) is 2.88. The molecular weight excluding hydrogens is 272 g/mol. The maximum Gasteiger partial charge on any atom is 0.328 e. The number of ether oxygens (including phenoxy) is 3. The second kappa shape index (κ2) is 7.13. The number of benzene rings is 1. The predicted octanol–water partition coefficient (Wildman–Crippen LogP) is 2.74. The summed E-state index contributed by atoms with van der Waals surface area (Å²) in [5, 5.41) is 8.74. The van der Waals surface area contributed by atoms with Gasteiger partial charge in [0.05, 0.1) is 19.3 Å². The lowest BCUT2D eigenvalue weighted by atomic mass is 10.1. The molecule has 2 unspecified atom stereocenters. The molecule has 21 heavy (non-hydrogen) atoms. The van der Waals surface area contributed by atoms with Crippen LogP contribution in [-0.2, 0) is 9.53 Å². The van der Waals surface area contributed by atoms with Crippen LogP contribution in [0.15, 0.2) is 24.3 Å². The molecule has 1 N–H and O–H groups in total. The van der Waals surface area contributed by atoms with Gasteiger partial charge in [-0.2, -0.15) is 0 Å². The van der Waals surface area contributed by atoms with Gasteiger partial charge in [0, 0.05) is 11.6 Å². The molecule has 1 aliphatic heterocycles. The fraction of sp³-hybridized carbons (Fsp3) is 0.438. The number of rotatable bonds is 6. The third-order valence-electron chi connectivity index (χ3n) is 3.37. The highest BCUT2D eigenvalue weighted by Crippen LogP contribution is 2.33. The van der Waals surface area contributed by atoms with E-state index in [2.05, 4.69) is 0 Å². The first-order valence-electron chi connectivity index (χ1n) is 6.96. The van der Waals surface area contributed by atoms with Crippen molar-refractivity contribution in [1.82, 2.24) is 0 Å². The van der Waals surface area contributed by atoms with E-state index in [1.54, 1.807) is 25.3 Å². The van der Waals surface area contributed by atoms with E-state index in [4.69, 9.17) is 19.3 Å². The number of carboxylic acids is 1. The van der Waals surface area contributed by atoms with Crippen LogP contribution < -0.4 is 9.47 Å². The number of carboxylic acid groups (broad SMARTS) is 1. The van der Waals surface area contributed by atoms with Crippen LogP contribution in [0.1, 0.15) is 25.3 Å². The third-order valence-corrected chi connectivity index (χ3v) is 3.37. The summed E-state index contributed by atoms with van der Waals surface area (Å²) in [6, 6.07) is 5.36. The van der Waals surface area contributed by atoms with E-state index >= 15 is 0 Å². The summed E-state index contributed by atoms with van der Waals surface area (Å²) in [5.74, 6) is 0.117. The van der Waals surface area contributed by atoms with Gasteiger partial charge in [0.1, 0.15) is 6.61 Å². The molecule has 5 nitrogen and oxygen atoms in total. The van der Waals surface area contributed by atoms with Crippen LogP contribution in [0.5, 0.6) is 11.5 Å². The SMILES string of the molecule is COc1cccc(/C=C/C(=O)O)c1OCC1CCC(C)O1. The Labute approximate surface area is 124 Å². The van der Waals surface area contributed by atoms with Crippen LogP contribution in [0.25, 0.3) is 6.08 Å². The monoisotopic (exact) mass is 292 g/mol. The molecule has 0 aromatic heterocycles. The molecule has 1 aromatic rings. The first kappa shape index (κ1) is 15.4. The second-order valence-corrected chi connectivity index (χ2v) is 5.01. The summed E-state index contributed by atoms with van der Waals surface area (Å²) in [6.07, 6.45) is 4.92. The molecule has 2 atom stereocenters. The number of carbonyl (C=O) groups is 1. The molecule has 0 aliphatic carbocycles. The van der Waals surface area contributed by atoms with Crippen molar-refractivity contribution < 1.29 is 24.1 Å². The van der Waals surface area contributed by atoms with Gasteiger partial charge in [-0.05, 0) is 31.9 Å². The molecule has 114 valence electrons. The molecule has 1 heterocycles. The maximum absolute atomic E-state index is 10.7. The van der Waals surface area contributed by atoms with E-state index in [9.17, 15) is 4.79 Å². The van der Waals surface area contributed by atoms with Crippen LogP contribution >= 0.6 is 0 Å². The summed E-state index contributed by atoms with van der Waals surface area (Å²) in [7, 11) is 1.56. The predicted molar refractivity (Wildman–Crippen MR) is 78.7 cm³/mol. The van der Waals surface area contributed by atoms with E-state index in [1.807, 2.05) is 6.92 Å². The second-order valence-electron chi connectivity index (χ2n) is 5.01. The Morgan fingerprint density at radius 3 is 2.90 bits per heavy atom. The van der Waals surface area contributed by atoms with E-state index in [-0.39, 0.29) is 12.2 Å². The summed E-state index contributed by atoms with van der Waals surface area (Å²) in [4.78, 5) is 10.7. The fourth-order valence-electron chi connectivity index (χ4n) is 2.32. The largest absolute Gasteiger partial charge is 0.493 e. The van der Waals surface area contributed by atoms with Crippen LogP contribution in [0, 0.1) is 0 Å². The smallest absolute Gasteiger partial charge is 0.328 e. The van der Waals surface area contributed by atoms with Crippen molar-refractivity contribution in [2.24, 2.45) is 0 Å². The van der Waals surface area contributed by atoms with Gasteiger partial charge in [-0.3, -0.25) is 0 Å². The van der Waals surface area contributed by atoms with Crippen LogP contribution in [-0.4, -0.2) is 37.0 Å². The minimum atomic E-state index is -1.00. The van der Waals surface area contributed by atoms with Crippen molar-refractivity contribution >= 4 is 12.0 Å². The van der Waals surface area contributed by atoms with E-state index < -0.39 is 5.97 Å². The Bertz CT molecular complexity index is 523. The van der Waals surface area contributed by atoms with Crippen LogP contribution in [0.3, 0.4) is 0 Å². The lowest BCUT2D eigenvalue weighted by Crippen LogP contribution is -2.18. The molecule has 1 aliphatic rings. The van der Waals surface area contributed by atoms with Gasteiger partial charge in [0.15, 0.2) is 11.5 Å². The molecular formula is C16H20O5. The number of hydrogen-bond acceptors (Lipinski definition) is 4. The van der Waals surface area contributed by atoms with Crippen molar-refractivity contribution in [2.75, 3.05) is 13.7 Å². The number of hydrogen-bond donors (Lipinski definition) is 1. The van der Waals surface area contributed by atoms with Gasteiger partial charge in [-0.1, -0.05) is 12.1 Å². The zero-order chi connectivity index (χ0) is 15.2. The lowest BCUT2D eigenvalue weighted by molar-refractivity contribution is -0.131. The topological polar surface area (TPSA) is 65.0 Å². The van der Waals surface area contributed by atoms with Gasteiger partial charge in [0.2, 0.25) is 0 Å². The molecule has 5 heteroatoms. The first-order chi connectivity index (χ1) is 10.1. The summed E-state index contributed by atoms with van der Waals surface area (Å²) in [5.41, 5.74) is 0.669. The van der Waals surface area contributed by atoms with Crippen molar-refractivity contribution in [1.29, 1.82) is 0 Å². The molecule has 0 amide bonds. The molecule has 1 aromatic carbocycles. The van der Waals surface area contributed by atoms with Crippen LogP contribution in [0.2, 0.25) is 0 Å². The van der Waals surface area contributed by atoms with Crippen molar-refractivity contribution in [3.8, 4) is 11.5 Å². The van der Waals surface area contributed by atoms with E-state index in [1.165, 1.54) is 6.08 Å². The average molecular weight is 292 g/mol. The quantitative estimate of drug-likeness (QED) is 0.817. The van der Waals surface area contributed by atoms with Crippen LogP contribution in [0.4, 0.5) is 0 Å². The van der Waals surface area contributed by atoms with Gasteiger partial charge < -0.3 is 19.3 Å². The molecule has 1 saturated heterocycles. The Kier molecular flexibility index (Phi) is 5.22. The van der Waals surface area contributed by atoms with E-state index in [0.29, 0.717) is 23.7 Å². The molecule has 1 fully saturated rings. The van der Waals surface area contributed by atoms with Gasteiger partial charge in [0.25, 0.3) is 0 Å². The Hall–Kier alpha value is -2.01. The zero-order valence-corrected chi connectivity index (χ0v) is 12.2. The first-order valence-corrected chi connectivity index (χ1v) is 6.96. The maximum atomic E-state index is 10.7. The number of aliphatic carboxylic acids is 1. The summed E-state index contributed by atoms with van der Waals surface area (Å²) in [6.45, 7) is 2.47. The Morgan fingerprint density at radius 2 is 2.29 bits per heavy atom. The highest BCUT2D eigenvalue weighted by atomic mass is 16.6. The molecule has 0 spiro atoms. The van der Waals surface area contributed by atoms with Crippen molar-refractivity contribution in [2.45, 2.75) is 32.0 Å². The van der Waals surface area contributed by atoms with E-state index in [0.717, 1.165) is 18.9 Å². The zero-order valence-electron chi connectivity index (χ0n) is 12.2. The third kappa shape index (κ3) is 4.23. The van der Waals surface area contributed by atoms with Gasteiger partial charge in [-0.25, -0.2) is 4.79 Å². The summed E-state index contributed by atoms with van der Waals surface area (Å²) >= 11 is 0. The highest BCUT2D eigenvalue weighted by Gasteiger charge is 2.23. The number of para-hydroxylation sites is 1. The van der Waals surface area contributed by atoms with Crippen molar-refractivity contribution in [3.63, 3.8) is 0 Å².